The highest BCUT2D eigenvalue weighted by molar-refractivity contribution is 5.71. The molecule has 0 aromatic carbocycles. The first kappa shape index (κ1) is 62.3. The van der Waals surface area contributed by atoms with Crippen molar-refractivity contribution in [2.24, 2.45) is 23.5 Å². The molecule has 22 atom stereocenters. The molecule has 13 N–H and O–H groups in total. The summed E-state index contributed by atoms with van der Waals surface area (Å²) in [7, 11) is 0. The van der Waals surface area contributed by atoms with Crippen molar-refractivity contribution < 1.29 is 94.2 Å². The molecule has 20 heteroatoms. The number of carboxylic acids is 1. The Morgan fingerprint density at radius 1 is 0.658 bits per heavy atom. The van der Waals surface area contributed by atoms with Crippen molar-refractivity contribution in [3.8, 4) is 0 Å². The van der Waals surface area contributed by atoms with E-state index in [1.165, 1.54) is 0 Å². The molecule has 0 amide bonds. The number of fused-ring (bicyclic) bond motifs is 2. The third-order valence-electron chi connectivity index (χ3n) is 14.0. The summed E-state index contributed by atoms with van der Waals surface area (Å²) in [4.78, 5) is 25.6. The average Bonchev–Trinajstić information content (AvgIpc) is 3.29. The van der Waals surface area contributed by atoms with Gasteiger partial charge in [0.1, 0.15) is 24.2 Å². The molecule has 0 radical (unpaired) electrons. The van der Waals surface area contributed by atoms with Gasteiger partial charge in [-0.3, -0.25) is 9.59 Å². The second-order valence-electron chi connectivity index (χ2n) is 20.4. The predicted octanol–water partition coefficient (Wildman–Crippen LogP) is 1.85. The second-order valence-corrected chi connectivity index (χ2v) is 20.4. The van der Waals surface area contributed by atoms with E-state index in [0.29, 0.717) is 0 Å². The minimum atomic E-state index is -2.19. The molecule has 0 aliphatic carbocycles. The van der Waals surface area contributed by atoms with Crippen LogP contribution in [0.2, 0.25) is 0 Å². The highest BCUT2D eigenvalue weighted by atomic mass is 16.7. The number of esters is 1. The molecule has 4 aliphatic rings. The molecule has 3 fully saturated rings. The number of rotatable bonds is 5. The zero-order chi connectivity index (χ0) is 54.0. The smallest absolute Gasteiger partial charge is 0.311 e. The number of hydrogen-bond donors (Lipinski definition) is 12. The number of nitrogens with two attached hydrogens (primary N) is 1. The number of aliphatic hydroxyl groups is 10. The van der Waals surface area contributed by atoms with Crippen molar-refractivity contribution in [1.29, 1.82) is 0 Å². The van der Waals surface area contributed by atoms with E-state index in [4.69, 9.17) is 34.2 Å². The van der Waals surface area contributed by atoms with E-state index in [0.717, 1.165) is 12.8 Å². The molecule has 0 aromatic heterocycles. The van der Waals surface area contributed by atoms with Crippen molar-refractivity contribution in [2.75, 3.05) is 0 Å². The van der Waals surface area contributed by atoms with Crippen LogP contribution in [-0.4, -0.2) is 184 Å². The van der Waals surface area contributed by atoms with Gasteiger partial charge in [-0.2, -0.15) is 0 Å². The van der Waals surface area contributed by atoms with Crippen molar-refractivity contribution >= 4 is 11.9 Å². The van der Waals surface area contributed by atoms with E-state index in [-0.39, 0.29) is 50.9 Å². The molecule has 20 nitrogen and oxygen atoms in total. The van der Waals surface area contributed by atoms with Gasteiger partial charge in [0.2, 0.25) is 0 Å². The lowest BCUT2D eigenvalue weighted by Gasteiger charge is -2.45. The van der Waals surface area contributed by atoms with Crippen LogP contribution in [0.15, 0.2) is 72.9 Å². The Labute approximate surface area is 429 Å². The van der Waals surface area contributed by atoms with Crippen LogP contribution in [0, 0.1) is 17.8 Å². The minimum Gasteiger partial charge on any atom is -0.481 e. The van der Waals surface area contributed by atoms with Crippen LogP contribution in [0.25, 0.3) is 0 Å². The first-order chi connectivity index (χ1) is 34.5. The van der Waals surface area contributed by atoms with Crippen LogP contribution >= 0.6 is 0 Å². The molecular weight excluding hydrogens is 955 g/mol. The van der Waals surface area contributed by atoms with Gasteiger partial charge in [0.15, 0.2) is 18.4 Å². The van der Waals surface area contributed by atoms with Crippen molar-refractivity contribution in [3.05, 3.63) is 72.9 Å². The van der Waals surface area contributed by atoms with Gasteiger partial charge in [-0.15, -0.1) is 0 Å². The molecular formula is C53H85NO19. The molecule has 2 bridgehead atoms. The quantitative estimate of drug-likeness (QED) is 0.175. The van der Waals surface area contributed by atoms with E-state index in [2.05, 4.69) is 0 Å². The lowest BCUT2D eigenvalue weighted by molar-refractivity contribution is -0.308. The Balaban J connectivity index is 1.53. The fourth-order valence-electron chi connectivity index (χ4n) is 9.67. The molecule has 0 saturated carbocycles. The topological polar surface area (TPSA) is 338 Å². The highest BCUT2D eigenvalue weighted by Gasteiger charge is 2.51. The third-order valence-corrected chi connectivity index (χ3v) is 14.0. The molecule has 4 heterocycles. The number of aliphatic carboxylic acids is 1. The van der Waals surface area contributed by atoms with Gasteiger partial charge >= 0.3 is 11.9 Å². The summed E-state index contributed by atoms with van der Waals surface area (Å²) in [6.07, 6.45) is 2.90. The number of carbonyl (C=O) groups excluding carboxylic acids is 1. The molecule has 4 rings (SSSR count). The predicted molar refractivity (Wildman–Crippen MR) is 266 cm³/mol. The Morgan fingerprint density at radius 2 is 1.26 bits per heavy atom. The number of carboxylic acid groups (broad SMARTS) is 1. The monoisotopic (exact) mass is 1040 g/mol. The lowest BCUT2D eigenvalue weighted by atomic mass is 9.83. The standard InChI is InChI=1S/C53H85NO19/c1-30-19-16-14-12-10-8-6-7-9-11-13-15-17-22-39(71-52-49(64)46(54)48(63)34(5)70-52)26-42-45(51(65)66)41(60)29-53(67,73-42)28-36(56)21-18-20-35(55)23-37(57)24-38(58)25-43(61)68-32(3)31(2)50(30)72-44-27-40(59)47(62)33(4)69-44/h6-7,9,11-17,19,22,30-42,44-50,52,55-60,62-64,67H,8,10,18,20-21,23-29,54H2,1-5H3,(H,65,66)/b7-6+,11-9+,14-12+,15-13+,19-16+,22-17+. The zero-order valence-electron chi connectivity index (χ0n) is 42.8. The highest BCUT2D eigenvalue weighted by Crippen LogP contribution is 2.38. The van der Waals surface area contributed by atoms with Crippen molar-refractivity contribution in [3.63, 3.8) is 0 Å². The van der Waals surface area contributed by atoms with Gasteiger partial charge in [-0.25, -0.2) is 0 Å². The van der Waals surface area contributed by atoms with Crippen molar-refractivity contribution in [2.45, 2.75) is 228 Å². The van der Waals surface area contributed by atoms with Gasteiger partial charge in [-0.1, -0.05) is 86.8 Å². The molecule has 0 aromatic rings. The van der Waals surface area contributed by atoms with Gasteiger partial charge in [-0.05, 0) is 65.7 Å². The van der Waals surface area contributed by atoms with E-state index in [9.17, 15) is 65.8 Å². The summed E-state index contributed by atoms with van der Waals surface area (Å²) in [6, 6.07) is -1.13. The molecule has 4 aliphatic heterocycles. The third kappa shape index (κ3) is 20.3. The van der Waals surface area contributed by atoms with Crippen molar-refractivity contribution in [1.82, 2.24) is 0 Å². The van der Waals surface area contributed by atoms with E-state index in [1.54, 1.807) is 51.2 Å². The summed E-state index contributed by atoms with van der Waals surface area (Å²) < 4.78 is 35.9. The number of ether oxygens (including phenoxy) is 6. The van der Waals surface area contributed by atoms with Crippen LogP contribution in [0.1, 0.15) is 112 Å². The van der Waals surface area contributed by atoms with Crippen LogP contribution in [-0.2, 0) is 38.0 Å². The number of hydrogen-bond acceptors (Lipinski definition) is 19. The summed E-state index contributed by atoms with van der Waals surface area (Å²) in [5.41, 5.74) is 6.05. The van der Waals surface area contributed by atoms with Gasteiger partial charge < -0.3 is 90.3 Å². The van der Waals surface area contributed by atoms with Crippen LogP contribution in [0.4, 0.5) is 0 Å². The lowest BCUT2D eigenvalue weighted by Crippen LogP contribution is -2.61. The largest absolute Gasteiger partial charge is 0.481 e. The summed E-state index contributed by atoms with van der Waals surface area (Å²) in [5, 5.41) is 118. The Bertz CT molecular complexity index is 1830. The first-order valence-corrected chi connectivity index (χ1v) is 25.8. The number of aliphatic hydroxyl groups excluding tert-OH is 9. The summed E-state index contributed by atoms with van der Waals surface area (Å²) >= 11 is 0. The number of cyclic esters (lactones) is 1. The number of carbonyl (C=O) groups is 2. The zero-order valence-corrected chi connectivity index (χ0v) is 42.8. The summed E-state index contributed by atoms with van der Waals surface area (Å²) in [6.45, 7) is 8.69. The molecule has 73 heavy (non-hydrogen) atoms. The van der Waals surface area contributed by atoms with Crippen LogP contribution in [0.3, 0.4) is 0 Å². The first-order valence-electron chi connectivity index (χ1n) is 25.8. The van der Waals surface area contributed by atoms with Gasteiger partial charge in [0, 0.05) is 37.5 Å². The van der Waals surface area contributed by atoms with E-state index < -0.39 is 159 Å². The SMILES string of the molecule is CC1/C=C/C=C/CC/C=C/C=C/C=C/C=C/C(OC2OC(C)C(O)C(N)C2O)CC2OC(O)(CC(O)CCCC(O)CC(O)CC(O)CC(=O)OC(C)C(C)C1OC1CC(O)C(O)C(C)O1)CC(O)C2C(=O)O. The van der Waals surface area contributed by atoms with E-state index >= 15 is 0 Å². The summed E-state index contributed by atoms with van der Waals surface area (Å²) in [5.74, 6) is -6.50. The second kappa shape index (κ2) is 30.5. The Kier molecular flexibility index (Phi) is 26.0. The van der Waals surface area contributed by atoms with Gasteiger partial charge in [0.25, 0.3) is 0 Å². The fourth-order valence-corrected chi connectivity index (χ4v) is 9.67. The maximum atomic E-state index is 13.1. The average molecular weight is 1040 g/mol. The van der Waals surface area contributed by atoms with E-state index in [1.807, 2.05) is 56.4 Å². The molecule has 3 saturated heterocycles. The minimum absolute atomic E-state index is 0.0341. The fraction of sp³-hybridized carbons (Fsp3) is 0.736. The molecule has 0 spiro atoms. The number of allylic oxidation sites excluding steroid dienone is 10. The maximum Gasteiger partial charge on any atom is 0.311 e. The Hall–Kier alpha value is -3.26. The normalized spacial score (nSPS) is 45.9. The van der Waals surface area contributed by atoms with Crippen LogP contribution in [0.5, 0.6) is 0 Å². The maximum absolute atomic E-state index is 13.1. The molecule has 22 unspecified atom stereocenters. The molecule has 416 valence electrons. The van der Waals surface area contributed by atoms with Gasteiger partial charge in [0.05, 0.1) is 85.7 Å². The Morgan fingerprint density at radius 3 is 1.93 bits per heavy atom. The van der Waals surface area contributed by atoms with Crippen LogP contribution < -0.4 is 5.73 Å².